The van der Waals surface area contributed by atoms with E-state index >= 15 is 0 Å². The van der Waals surface area contributed by atoms with E-state index < -0.39 is 0 Å². The number of hydrogen-bond acceptors (Lipinski definition) is 0. The molecule has 0 bridgehead atoms. The van der Waals surface area contributed by atoms with Crippen LogP contribution in [0.15, 0.2) is 16.6 Å². The lowest BCUT2D eigenvalue weighted by molar-refractivity contribution is 0.611. The molecule has 0 N–H and O–H groups in total. The van der Waals surface area contributed by atoms with Crippen molar-refractivity contribution >= 4 is 38.5 Å². The molecule has 0 nitrogen and oxygen atoms in total. The summed E-state index contributed by atoms with van der Waals surface area (Å²) in [6, 6.07) is 3.56. The summed E-state index contributed by atoms with van der Waals surface area (Å²) < 4.78 is 14.4. The lowest BCUT2D eigenvalue weighted by Gasteiger charge is -1.98. The molecule has 0 aliphatic rings. The van der Waals surface area contributed by atoms with Crippen molar-refractivity contribution in [2.24, 2.45) is 0 Å². The minimum atomic E-state index is -0.166. The largest absolute Gasteiger partial charge is 0.205 e. The second-order valence-electron chi connectivity index (χ2n) is 2.02. The normalized spacial score (nSPS) is 10.0. The molecule has 0 aromatic heterocycles. The molecule has 0 heterocycles. The molecule has 0 amide bonds. The zero-order valence-corrected chi connectivity index (χ0v) is 9.03. The lowest BCUT2D eigenvalue weighted by Crippen LogP contribution is -1.84. The quantitative estimate of drug-likeness (QED) is 0.508. The van der Waals surface area contributed by atoms with E-state index in [0.717, 1.165) is 3.57 Å². The predicted molar refractivity (Wildman–Crippen MR) is 51.6 cm³/mol. The minimum Gasteiger partial charge on any atom is -0.205 e. The number of rotatable bonds is 0. The number of benzene rings is 1. The Kier molecular flexibility index (Phi) is 2.68. The Balaban J connectivity index is 3.31. The molecule has 0 radical (unpaired) electrons. The van der Waals surface area contributed by atoms with Crippen LogP contribution in [-0.4, -0.2) is 0 Å². The van der Waals surface area contributed by atoms with Crippen LogP contribution in [0.2, 0.25) is 0 Å². The van der Waals surface area contributed by atoms with Crippen molar-refractivity contribution in [2.75, 3.05) is 0 Å². The van der Waals surface area contributed by atoms with Gasteiger partial charge >= 0.3 is 0 Å². The van der Waals surface area contributed by atoms with Gasteiger partial charge in [-0.05, 0) is 63.1 Å². The molecular formula is C7H5BrFI. The summed E-state index contributed by atoms with van der Waals surface area (Å²) in [5.41, 5.74) is 0.679. The van der Waals surface area contributed by atoms with Gasteiger partial charge in [-0.25, -0.2) is 4.39 Å². The Bertz CT molecular complexity index is 237. The average molecular weight is 315 g/mol. The predicted octanol–water partition coefficient (Wildman–Crippen LogP) is 3.50. The fourth-order valence-electron chi connectivity index (χ4n) is 0.685. The smallest absolute Gasteiger partial charge is 0.140 e. The maximum absolute atomic E-state index is 12.9. The third-order valence-corrected chi connectivity index (χ3v) is 2.37. The minimum absolute atomic E-state index is 0.166. The van der Waals surface area contributed by atoms with Gasteiger partial charge in [-0.15, -0.1) is 0 Å². The summed E-state index contributed by atoms with van der Waals surface area (Å²) >= 11 is 5.27. The monoisotopic (exact) mass is 314 g/mol. The van der Waals surface area contributed by atoms with Crippen LogP contribution >= 0.6 is 38.5 Å². The maximum Gasteiger partial charge on any atom is 0.140 e. The van der Waals surface area contributed by atoms with Gasteiger partial charge in [-0.1, -0.05) is 0 Å². The summed E-state index contributed by atoms with van der Waals surface area (Å²) in [6.07, 6.45) is 0. The van der Waals surface area contributed by atoms with Gasteiger partial charge in [0.05, 0.1) is 4.47 Å². The van der Waals surface area contributed by atoms with Crippen LogP contribution in [0, 0.1) is 16.3 Å². The van der Waals surface area contributed by atoms with E-state index in [0.29, 0.717) is 10.0 Å². The van der Waals surface area contributed by atoms with Crippen molar-refractivity contribution in [1.29, 1.82) is 0 Å². The molecule has 0 aliphatic heterocycles. The van der Waals surface area contributed by atoms with Crippen LogP contribution in [0.1, 0.15) is 5.56 Å². The van der Waals surface area contributed by atoms with Crippen LogP contribution in [0.3, 0.4) is 0 Å². The van der Waals surface area contributed by atoms with E-state index in [1.54, 1.807) is 19.1 Å². The standard InChI is InChI=1S/C7H5BrFI/c1-4-2-5(10)3-6(8)7(4)9/h2-3H,1H3. The Labute approximate surface area is 81.1 Å². The van der Waals surface area contributed by atoms with Gasteiger partial charge in [-0.2, -0.15) is 0 Å². The third kappa shape index (κ3) is 1.69. The Morgan fingerprint density at radius 1 is 1.50 bits per heavy atom. The van der Waals surface area contributed by atoms with E-state index in [1.165, 1.54) is 0 Å². The van der Waals surface area contributed by atoms with E-state index in [4.69, 9.17) is 0 Å². The van der Waals surface area contributed by atoms with Crippen molar-refractivity contribution in [3.63, 3.8) is 0 Å². The molecule has 3 heteroatoms. The average Bonchev–Trinajstić information content (AvgIpc) is 1.82. The topological polar surface area (TPSA) is 0 Å². The van der Waals surface area contributed by atoms with E-state index in [-0.39, 0.29) is 5.82 Å². The van der Waals surface area contributed by atoms with Gasteiger partial charge in [-0.3, -0.25) is 0 Å². The zero-order valence-electron chi connectivity index (χ0n) is 5.29. The second kappa shape index (κ2) is 3.17. The van der Waals surface area contributed by atoms with Crippen molar-refractivity contribution in [3.05, 3.63) is 31.6 Å². The van der Waals surface area contributed by atoms with Gasteiger partial charge in [0.25, 0.3) is 0 Å². The van der Waals surface area contributed by atoms with E-state index in [1.807, 2.05) is 0 Å². The number of hydrogen-bond donors (Lipinski definition) is 0. The van der Waals surface area contributed by atoms with Crippen LogP contribution in [0.4, 0.5) is 4.39 Å². The molecule has 0 unspecified atom stereocenters. The molecule has 1 aromatic rings. The molecule has 1 rings (SSSR count). The van der Waals surface area contributed by atoms with Gasteiger partial charge in [0.15, 0.2) is 0 Å². The second-order valence-corrected chi connectivity index (χ2v) is 4.12. The van der Waals surface area contributed by atoms with E-state index in [9.17, 15) is 4.39 Å². The molecule has 54 valence electrons. The Morgan fingerprint density at radius 3 is 2.60 bits per heavy atom. The molecule has 0 aliphatic carbocycles. The highest BCUT2D eigenvalue weighted by atomic mass is 127. The highest BCUT2D eigenvalue weighted by Crippen LogP contribution is 2.21. The maximum atomic E-state index is 12.9. The van der Waals surface area contributed by atoms with Crippen molar-refractivity contribution in [2.45, 2.75) is 6.92 Å². The first-order valence-electron chi connectivity index (χ1n) is 2.72. The van der Waals surface area contributed by atoms with Crippen LogP contribution < -0.4 is 0 Å². The van der Waals surface area contributed by atoms with Crippen molar-refractivity contribution < 1.29 is 4.39 Å². The fraction of sp³-hybridized carbons (Fsp3) is 0.143. The first kappa shape index (κ1) is 8.46. The van der Waals surface area contributed by atoms with Crippen LogP contribution in [0.25, 0.3) is 0 Å². The van der Waals surface area contributed by atoms with Crippen LogP contribution in [-0.2, 0) is 0 Å². The highest BCUT2D eigenvalue weighted by Gasteiger charge is 2.02. The molecule has 0 fully saturated rings. The zero-order chi connectivity index (χ0) is 7.72. The van der Waals surface area contributed by atoms with Gasteiger partial charge in [0.1, 0.15) is 5.82 Å². The molecule has 10 heavy (non-hydrogen) atoms. The Morgan fingerprint density at radius 2 is 2.10 bits per heavy atom. The van der Waals surface area contributed by atoms with Crippen molar-refractivity contribution in [1.82, 2.24) is 0 Å². The van der Waals surface area contributed by atoms with Gasteiger partial charge in [0, 0.05) is 3.57 Å². The molecule has 1 aromatic carbocycles. The molecule has 0 saturated heterocycles. The summed E-state index contributed by atoms with van der Waals surface area (Å²) in [5.74, 6) is -0.166. The summed E-state index contributed by atoms with van der Waals surface area (Å²) in [4.78, 5) is 0. The molecule has 0 atom stereocenters. The number of aryl methyl sites for hydroxylation is 1. The first-order valence-corrected chi connectivity index (χ1v) is 4.59. The molecule has 0 saturated carbocycles. The Hall–Kier alpha value is 0.360. The number of halogens is 3. The van der Waals surface area contributed by atoms with E-state index in [2.05, 4.69) is 38.5 Å². The van der Waals surface area contributed by atoms with Crippen LogP contribution in [0.5, 0.6) is 0 Å². The lowest BCUT2D eigenvalue weighted by atomic mass is 10.2. The highest BCUT2D eigenvalue weighted by molar-refractivity contribution is 14.1. The third-order valence-electron chi connectivity index (χ3n) is 1.17. The fourth-order valence-corrected chi connectivity index (χ4v) is 2.45. The SMILES string of the molecule is Cc1cc(I)cc(Br)c1F. The molecular weight excluding hydrogens is 310 g/mol. The van der Waals surface area contributed by atoms with Gasteiger partial charge in [0.2, 0.25) is 0 Å². The van der Waals surface area contributed by atoms with Gasteiger partial charge < -0.3 is 0 Å². The summed E-state index contributed by atoms with van der Waals surface area (Å²) in [7, 11) is 0. The first-order chi connectivity index (χ1) is 4.61. The summed E-state index contributed by atoms with van der Waals surface area (Å²) in [5, 5.41) is 0. The van der Waals surface area contributed by atoms with Crippen molar-refractivity contribution in [3.8, 4) is 0 Å². The molecule has 0 spiro atoms. The summed E-state index contributed by atoms with van der Waals surface area (Å²) in [6.45, 7) is 1.75.